The highest BCUT2D eigenvalue weighted by Gasteiger charge is 2.57. The minimum Gasteiger partial charge on any atom is -0.488 e. The Morgan fingerprint density at radius 3 is 2.48 bits per heavy atom. The molecule has 0 aliphatic heterocycles. The maximum atomic E-state index is 12.1. The summed E-state index contributed by atoms with van der Waals surface area (Å²) in [6.07, 6.45) is 4.86. The zero-order valence-corrected chi connectivity index (χ0v) is 12.5. The number of rotatable bonds is 2. The lowest BCUT2D eigenvalue weighted by atomic mass is 9.63. The molecule has 0 bridgehead atoms. The van der Waals surface area contributed by atoms with Crippen LogP contribution in [0.1, 0.15) is 32.1 Å². The van der Waals surface area contributed by atoms with Gasteiger partial charge in [0.15, 0.2) is 0 Å². The number of benzene rings is 2. The van der Waals surface area contributed by atoms with Crippen molar-refractivity contribution >= 4 is 28.2 Å². The number of ether oxygens (including phenoxy) is 1. The molecule has 2 aliphatic carbocycles. The normalized spacial score (nSPS) is 23.5. The van der Waals surface area contributed by atoms with Crippen LogP contribution in [-0.2, 0) is 4.79 Å². The molecule has 1 unspecified atom stereocenters. The van der Waals surface area contributed by atoms with Gasteiger partial charge in [-0.15, -0.1) is 0 Å². The van der Waals surface area contributed by atoms with Crippen molar-refractivity contribution in [3.8, 4) is 5.75 Å². The van der Waals surface area contributed by atoms with Gasteiger partial charge in [0, 0.05) is 22.2 Å². The molecule has 2 fully saturated rings. The third kappa shape index (κ3) is 1.89. The Labute approximate surface area is 129 Å². The molecule has 1 spiro atoms. The fourth-order valence-electron chi connectivity index (χ4n) is 3.87. The van der Waals surface area contributed by atoms with Crippen LogP contribution < -0.4 is 4.74 Å². The molecule has 2 saturated carbocycles. The molecule has 0 N–H and O–H groups in total. The molecular formula is C18H17ClO2. The van der Waals surface area contributed by atoms with Crippen LogP contribution in [0.25, 0.3) is 10.8 Å². The third-order valence-electron chi connectivity index (χ3n) is 5.14. The molecule has 1 atom stereocenters. The lowest BCUT2D eigenvalue weighted by Crippen LogP contribution is -2.55. The summed E-state index contributed by atoms with van der Waals surface area (Å²) in [6, 6.07) is 11.8. The van der Waals surface area contributed by atoms with Gasteiger partial charge in [0.25, 0.3) is 0 Å². The summed E-state index contributed by atoms with van der Waals surface area (Å²) in [4.78, 5) is 12.1. The molecule has 21 heavy (non-hydrogen) atoms. The van der Waals surface area contributed by atoms with Gasteiger partial charge >= 0.3 is 0 Å². The lowest BCUT2D eigenvalue weighted by molar-refractivity contribution is -0.151. The number of Topliss-reactive ketones (excluding diaryl/α,β-unsaturated/α-hetero) is 1. The Bertz CT molecular complexity index is 716. The van der Waals surface area contributed by atoms with Gasteiger partial charge < -0.3 is 4.74 Å². The van der Waals surface area contributed by atoms with E-state index in [9.17, 15) is 4.79 Å². The van der Waals surface area contributed by atoms with Gasteiger partial charge in [0.05, 0.1) is 5.41 Å². The molecule has 3 heteroatoms. The quantitative estimate of drug-likeness (QED) is 0.798. The highest BCUT2D eigenvalue weighted by atomic mass is 35.5. The Morgan fingerprint density at radius 1 is 1.05 bits per heavy atom. The van der Waals surface area contributed by atoms with Crippen molar-refractivity contribution in [2.24, 2.45) is 5.41 Å². The Balaban J connectivity index is 1.69. The van der Waals surface area contributed by atoms with Crippen LogP contribution in [0.15, 0.2) is 36.4 Å². The van der Waals surface area contributed by atoms with Gasteiger partial charge in [-0.05, 0) is 25.0 Å². The number of carbonyl (C=O) groups excluding carboxylic acids is 1. The summed E-state index contributed by atoms with van der Waals surface area (Å²) in [5.41, 5.74) is -0.194. The van der Waals surface area contributed by atoms with Crippen molar-refractivity contribution in [2.75, 3.05) is 0 Å². The van der Waals surface area contributed by atoms with Gasteiger partial charge in [-0.2, -0.15) is 0 Å². The average molecular weight is 301 g/mol. The molecule has 2 aromatic carbocycles. The van der Waals surface area contributed by atoms with E-state index in [1.54, 1.807) is 0 Å². The zero-order chi connectivity index (χ0) is 14.4. The molecule has 0 amide bonds. The van der Waals surface area contributed by atoms with Crippen molar-refractivity contribution < 1.29 is 9.53 Å². The summed E-state index contributed by atoms with van der Waals surface area (Å²) < 4.78 is 6.25. The number of fused-ring (bicyclic) bond motifs is 1. The minimum atomic E-state index is -0.194. The van der Waals surface area contributed by atoms with E-state index in [1.165, 1.54) is 0 Å². The van der Waals surface area contributed by atoms with Crippen molar-refractivity contribution in [1.82, 2.24) is 0 Å². The average Bonchev–Trinajstić information content (AvgIpc) is 3.02. The van der Waals surface area contributed by atoms with E-state index in [4.69, 9.17) is 16.3 Å². The number of carbonyl (C=O) groups is 1. The van der Waals surface area contributed by atoms with E-state index in [0.717, 1.165) is 47.2 Å². The Hall–Kier alpha value is -1.54. The SMILES string of the molecule is O=C1CC(Oc2ccc(Cl)c3ccccc23)C12CCCC2. The topological polar surface area (TPSA) is 26.3 Å². The standard InChI is InChI=1S/C18H17ClO2/c19-14-7-8-15(13-6-2-1-5-12(13)14)21-17-11-16(20)18(17)9-3-4-10-18/h1-2,5-8,17H,3-4,9-11H2. The zero-order valence-electron chi connectivity index (χ0n) is 11.8. The van der Waals surface area contributed by atoms with E-state index >= 15 is 0 Å². The molecule has 0 aromatic heterocycles. The van der Waals surface area contributed by atoms with Crippen LogP contribution in [0.5, 0.6) is 5.75 Å². The Morgan fingerprint density at radius 2 is 1.76 bits per heavy atom. The van der Waals surface area contributed by atoms with E-state index in [1.807, 2.05) is 36.4 Å². The summed E-state index contributed by atoms with van der Waals surface area (Å²) >= 11 is 6.25. The molecular weight excluding hydrogens is 284 g/mol. The van der Waals surface area contributed by atoms with Crippen molar-refractivity contribution in [1.29, 1.82) is 0 Å². The predicted molar refractivity (Wildman–Crippen MR) is 83.9 cm³/mol. The molecule has 2 aliphatic rings. The number of halogens is 1. The van der Waals surface area contributed by atoms with Crippen molar-refractivity contribution in [3.05, 3.63) is 41.4 Å². The molecule has 2 aromatic rings. The van der Waals surface area contributed by atoms with Gasteiger partial charge in [-0.1, -0.05) is 48.7 Å². The molecule has 0 saturated heterocycles. The van der Waals surface area contributed by atoms with Crippen LogP contribution in [0, 0.1) is 5.41 Å². The Kier molecular flexibility index (Phi) is 2.97. The predicted octanol–water partition coefficient (Wildman–Crippen LogP) is 4.77. The fourth-order valence-corrected chi connectivity index (χ4v) is 4.10. The third-order valence-corrected chi connectivity index (χ3v) is 5.47. The molecule has 0 heterocycles. The summed E-state index contributed by atoms with van der Waals surface area (Å²) in [7, 11) is 0. The smallest absolute Gasteiger partial charge is 0.146 e. The van der Waals surface area contributed by atoms with Gasteiger partial charge in [-0.25, -0.2) is 0 Å². The van der Waals surface area contributed by atoms with E-state index in [0.29, 0.717) is 12.2 Å². The fraction of sp³-hybridized carbons (Fsp3) is 0.389. The molecule has 2 nitrogen and oxygen atoms in total. The first kappa shape index (κ1) is 13.1. The maximum absolute atomic E-state index is 12.1. The molecule has 0 radical (unpaired) electrons. The van der Waals surface area contributed by atoms with E-state index < -0.39 is 0 Å². The second-order valence-electron chi connectivity index (χ2n) is 6.19. The summed E-state index contributed by atoms with van der Waals surface area (Å²) in [5.74, 6) is 1.24. The monoisotopic (exact) mass is 300 g/mol. The van der Waals surface area contributed by atoms with E-state index in [2.05, 4.69) is 0 Å². The minimum absolute atomic E-state index is 0.0390. The van der Waals surface area contributed by atoms with Gasteiger partial charge in [0.2, 0.25) is 0 Å². The van der Waals surface area contributed by atoms with Gasteiger partial charge in [0.1, 0.15) is 17.6 Å². The largest absolute Gasteiger partial charge is 0.488 e. The molecule has 4 rings (SSSR count). The molecule has 108 valence electrons. The summed E-state index contributed by atoms with van der Waals surface area (Å²) in [6.45, 7) is 0. The second-order valence-corrected chi connectivity index (χ2v) is 6.60. The van der Waals surface area contributed by atoms with Crippen LogP contribution in [0.3, 0.4) is 0 Å². The highest BCUT2D eigenvalue weighted by Crippen LogP contribution is 2.52. The first-order chi connectivity index (χ1) is 10.2. The highest BCUT2D eigenvalue weighted by molar-refractivity contribution is 6.35. The first-order valence-electron chi connectivity index (χ1n) is 7.58. The number of hydrogen-bond donors (Lipinski definition) is 0. The first-order valence-corrected chi connectivity index (χ1v) is 7.96. The van der Waals surface area contributed by atoms with Crippen molar-refractivity contribution in [2.45, 2.75) is 38.2 Å². The van der Waals surface area contributed by atoms with Crippen LogP contribution in [0.2, 0.25) is 5.02 Å². The van der Waals surface area contributed by atoms with E-state index in [-0.39, 0.29) is 11.5 Å². The number of ketones is 1. The van der Waals surface area contributed by atoms with Crippen LogP contribution >= 0.6 is 11.6 Å². The lowest BCUT2D eigenvalue weighted by Gasteiger charge is -2.44. The maximum Gasteiger partial charge on any atom is 0.146 e. The van der Waals surface area contributed by atoms with Crippen LogP contribution in [0.4, 0.5) is 0 Å². The van der Waals surface area contributed by atoms with Gasteiger partial charge in [-0.3, -0.25) is 4.79 Å². The van der Waals surface area contributed by atoms with Crippen molar-refractivity contribution in [3.63, 3.8) is 0 Å². The van der Waals surface area contributed by atoms with Crippen LogP contribution in [-0.4, -0.2) is 11.9 Å². The second kappa shape index (κ2) is 4.74. The summed E-state index contributed by atoms with van der Waals surface area (Å²) in [5, 5.41) is 2.76. The number of hydrogen-bond acceptors (Lipinski definition) is 2.